The van der Waals surface area contributed by atoms with E-state index in [0.717, 1.165) is 22.3 Å². The molecule has 0 radical (unpaired) electrons. The van der Waals surface area contributed by atoms with Crippen LogP contribution in [0.5, 0.6) is 0 Å². The summed E-state index contributed by atoms with van der Waals surface area (Å²) in [5, 5.41) is 14.9. The summed E-state index contributed by atoms with van der Waals surface area (Å²) in [6.45, 7) is 0.771. The summed E-state index contributed by atoms with van der Waals surface area (Å²) in [4.78, 5) is 11.5. The zero-order chi connectivity index (χ0) is 18.3. The van der Waals surface area contributed by atoms with Gasteiger partial charge in [-0.2, -0.15) is 10.4 Å². The number of rotatable bonds is 4. The molecule has 0 saturated carbocycles. The van der Waals surface area contributed by atoms with Gasteiger partial charge in [-0.3, -0.25) is 4.68 Å². The molecule has 10 heteroatoms. The molecule has 0 amide bonds. The maximum Gasteiger partial charge on any atom is 0.211 e. The Bertz CT molecular complexity index is 1100. The average Bonchev–Trinajstić information content (AvgIpc) is 3.35. The van der Waals surface area contributed by atoms with E-state index in [0.29, 0.717) is 19.5 Å². The third-order valence-electron chi connectivity index (χ3n) is 4.75. The molecule has 0 aliphatic carbocycles. The number of nitriles is 1. The van der Waals surface area contributed by atoms with E-state index in [1.807, 2.05) is 6.07 Å². The van der Waals surface area contributed by atoms with Crippen LogP contribution >= 0.6 is 0 Å². The highest BCUT2D eigenvalue weighted by Crippen LogP contribution is 2.30. The number of aromatic amines is 1. The van der Waals surface area contributed by atoms with E-state index in [9.17, 15) is 13.7 Å². The second kappa shape index (κ2) is 6.19. The molecule has 1 fully saturated rings. The van der Waals surface area contributed by atoms with Crippen LogP contribution in [0.1, 0.15) is 12.5 Å². The fraction of sp³-hybridized carbons (Fsp3) is 0.375. The first-order chi connectivity index (χ1) is 12.5. The van der Waals surface area contributed by atoms with Gasteiger partial charge < -0.3 is 4.98 Å². The van der Waals surface area contributed by atoms with Gasteiger partial charge in [0.25, 0.3) is 0 Å². The van der Waals surface area contributed by atoms with Crippen LogP contribution in [-0.4, -0.2) is 56.8 Å². The van der Waals surface area contributed by atoms with E-state index in [2.05, 4.69) is 26.1 Å². The molecule has 26 heavy (non-hydrogen) atoms. The first-order valence-electron chi connectivity index (χ1n) is 8.14. The Labute approximate surface area is 150 Å². The number of aromatic nitrogens is 5. The Kier molecular flexibility index (Phi) is 3.97. The van der Waals surface area contributed by atoms with Gasteiger partial charge in [-0.25, -0.2) is 22.7 Å². The Hall–Kier alpha value is -2.77. The van der Waals surface area contributed by atoms with Gasteiger partial charge in [-0.15, -0.1) is 0 Å². The predicted molar refractivity (Wildman–Crippen MR) is 94.3 cm³/mol. The van der Waals surface area contributed by atoms with Crippen molar-refractivity contribution in [1.82, 2.24) is 29.0 Å². The molecule has 1 N–H and O–H groups in total. The zero-order valence-electron chi connectivity index (χ0n) is 14.1. The van der Waals surface area contributed by atoms with Crippen molar-refractivity contribution >= 4 is 21.1 Å². The highest BCUT2D eigenvalue weighted by Gasteiger charge is 2.35. The maximum atomic E-state index is 11.7. The number of fused-ring (bicyclic) bond motifs is 1. The molecule has 1 aliphatic heterocycles. The molecular formula is C16H17N7O2S. The van der Waals surface area contributed by atoms with Gasteiger partial charge in [0.1, 0.15) is 18.0 Å². The smallest absolute Gasteiger partial charge is 0.211 e. The van der Waals surface area contributed by atoms with Crippen LogP contribution in [0.3, 0.4) is 0 Å². The van der Waals surface area contributed by atoms with Crippen molar-refractivity contribution in [1.29, 1.82) is 5.26 Å². The van der Waals surface area contributed by atoms with E-state index >= 15 is 0 Å². The van der Waals surface area contributed by atoms with Gasteiger partial charge in [0, 0.05) is 42.4 Å². The van der Waals surface area contributed by atoms with Gasteiger partial charge in [0.15, 0.2) is 0 Å². The highest BCUT2D eigenvalue weighted by molar-refractivity contribution is 7.88. The number of nitrogens with zero attached hydrogens (tertiary/aromatic N) is 6. The lowest BCUT2D eigenvalue weighted by Crippen LogP contribution is -2.29. The normalized spacial score (nSPS) is 19.6. The van der Waals surface area contributed by atoms with Crippen LogP contribution < -0.4 is 0 Å². The lowest BCUT2D eigenvalue weighted by atomic mass is 10.0. The van der Waals surface area contributed by atoms with Crippen molar-refractivity contribution in [2.75, 3.05) is 19.3 Å². The molecule has 3 aromatic heterocycles. The second-order valence-electron chi connectivity index (χ2n) is 6.41. The average molecular weight is 371 g/mol. The van der Waals surface area contributed by atoms with Crippen LogP contribution in [0.2, 0.25) is 0 Å². The first kappa shape index (κ1) is 16.7. The summed E-state index contributed by atoms with van der Waals surface area (Å²) in [6, 6.07) is 3.63. The maximum absolute atomic E-state index is 11.7. The van der Waals surface area contributed by atoms with Gasteiger partial charge in [0.2, 0.25) is 10.0 Å². The minimum Gasteiger partial charge on any atom is -0.346 e. The van der Waals surface area contributed by atoms with E-state index in [4.69, 9.17) is 0 Å². The largest absolute Gasteiger partial charge is 0.346 e. The highest BCUT2D eigenvalue weighted by atomic mass is 32.2. The van der Waals surface area contributed by atoms with Gasteiger partial charge in [0.05, 0.1) is 24.2 Å². The molecule has 0 bridgehead atoms. The predicted octanol–water partition coefficient (Wildman–Crippen LogP) is 1.17. The van der Waals surface area contributed by atoms with Crippen molar-refractivity contribution in [3.63, 3.8) is 0 Å². The molecule has 4 rings (SSSR count). The lowest BCUT2D eigenvalue weighted by Gasteiger charge is -2.17. The monoisotopic (exact) mass is 371 g/mol. The number of H-pyrrole nitrogens is 1. The Morgan fingerprint density at radius 3 is 3.00 bits per heavy atom. The van der Waals surface area contributed by atoms with Crippen LogP contribution in [-0.2, 0) is 10.0 Å². The Morgan fingerprint density at radius 1 is 1.42 bits per heavy atom. The molecule has 134 valence electrons. The Morgan fingerprint density at radius 2 is 2.27 bits per heavy atom. The van der Waals surface area contributed by atoms with E-state index in [1.54, 1.807) is 23.3 Å². The van der Waals surface area contributed by atoms with Gasteiger partial charge in [-0.05, 0) is 12.5 Å². The molecular weight excluding hydrogens is 354 g/mol. The fourth-order valence-corrected chi connectivity index (χ4v) is 4.31. The van der Waals surface area contributed by atoms with E-state index < -0.39 is 16.1 Å². The number of hydrogen-bond donors (Lipinski definition) is 1. The quantitative estimate of drug-likeness (QED) is 0.735. The van der Waals surface area contributed by atoms with Crippen molar-refractivity contribution in [3.8, 4) is 17.3 Å². The second-order valence-corrected chi connectivity index (χ2v) is 8.40. The first-order valence-corrected chi connectivity index (χ1v) is 9.99. The van der Waals surface area contributed by atoms with Crippen LogP contribution in [0.4, 0.5) is 0 Å². The molecule has 2 atom stereocenters. The van der Waals surface area contributed by atoms with Crippen LogP contribution in [0, 0.1) is 17.2 Å². The van der Waals surface area contributed by atoms with Crippen molar-refractivity contribution in [3.05, 3.63) is 31.0 Å². The topological polar surface area (TPSA) is 121 Å². The number of nitrogens with one attached hydrogen (secondary N) is 1. The molecule has 4 heterocycles. The minimum absolute atomic E-state index is 0.0971. The fourth-order valence-electron chi connectivity index (χ4n) is 3.41. The zero-order valence-corrected chi connectivity index (χ0v) is 14.9. The number of hydrogen-bond acceptors (Lipinski definition) is 6. The summed E-state index contributed by atoms with van der Waals surface area (Å²) < 4.78 is 26.5. The van der Waals surface area contributed by atoms with E-state index in [-0.39, 0.29) is 5.92 Å². The summed E-state index contributed by atoms with van der Waals surface area (Å²) in [5.41, 5.74) is 2.26. The molecule has 1 aliphatic rings. The lowest BCUT2D eigenvalue weighted by molar-refractivity contribution is 0.375. The molecule has 3 aromatic rings. The van der Waals surface area contributed by atoms with Crippen molar-refractivity contribution in [2.24, 2.45) is 5.92 Å². The summed E-state index contributed by atoms with van der Waals surface area (Å²) >= 11 is 0. The third-order valence-corrected chi connectivity index (χ3v) is 6.02. The minimum atomic E-state index is -3.24. The molecule has 1 saturated heterocycles. The molecule has 2 unspecified atom stereocenters. The standard InChI is InChI=1S/C16H17N7O2S/c1-26(24,25)22-5-3-11(8-22)14(6-17)23-9-12(7-21-23)15-13-2-4-18-16(13)20-10-19-15/h2,4,7,9-11,14H,3,5,8H2,1H3,(H,18,19,20). The molecule has 0 aromatic carbocycles. The summed E-state index contributed by atoms with van der Waals surface area (Å²) in [5.74, 6) is -0.0971. The van der Waals surface area contributed by atoms with Crippen LogP contribution in [0.15, 0.2) is 31.0 Å². The molecule has 0 spiro atoms. The number of sulfonamides is 1. The molecule has 9 nitrogen and oxygen atoms in total. The Balaban J connectivity index is 1.63. The summed E-state index contributed by atoms with van der Waals surface area (Å²) in [6.07, 6.45) is 8.56. The van der Waals surface area contributed by atoms with E-state index in [1.165, 1.54) is 16.9 Å². The summed E-state index contributed by atoms with van der Waals surface area (Å²) in [7, 11) is -3.24. The van der Waals surface area contributed by atoms with Crippen molar-refractivity contribution < 1.29 is 8.42 Å². The third kappa shape index (κ3) is 2.85. The van der Waals surface area contributed by atoms with Gasteiger partial charge in [-0.1, -0.05) is 0 Å². The SMILES string of the molecule is CS(=O)(=O)N1CCC(C(C#N)n2cc(-c3ncnc4[nH]ccc34)cn2)C1. The van der Waals surface area contributed by atoms with Crippen molar-refractivity contribution in [2.45, 2.75) is 12.5 Å². The van der Waals surface area contributed by atoms with Crippen LogP contribution in [0.25, 0.3) is 22.3 Å². The van der Waals surface area contributed by atoms with Gasteiger partial charge >= 0.3 is 0 Å².